The summed E-state index contributed by atoms with van der Waals surface area (Å²) in [6.45, 7) is 6.84. The maximum absolute atomic E-state index is 11.0. The minimum atomic E-state index is -0.301. The van der Waals surface area contributed by atoms with Crippen molar-refractivity contribution in [1.29, 1.82) is 0 Å². The molecule has 0 saturated carbocycles. The van der Waals surface area contributed by atoms with E-state index >= 15 is 0 Å². The van der Waals surface area contributed by atoms with Crippen molar-refractivity contribution in [2.75, 3.05) is 18.6 Å². The van der Waals surface area contributed by atoms with E-state index in [-0.39, 0.29) is 5.97 Å². The monoisotopic (exact) mass is 222 g/mol. The Labute approximate surface area is 95.9 Å². The van der Waals surface area contributed by atoms with Crippen LogP contribution in [-0.4, -0.2) is 23.8 Å². The minimum absolute atomic E-state index is 0.301. The molecule has 1 rings (SSSR count). The van der Waals surface area contributed by atoms with Crippen LogP contribution in [0.2, 0.25) is 0 Å². The van der Waals surface area contributed by atoms with Crippen LogP contribution in [0.1, 0.15) is 18.3 Å². The Kier molecular flexibility index (Phi) is 4.64. The molecule has 1 N–H and O–H groups in total. The van der Waals surface area contributed by atoms with E-state index in [1.165, 1.54) is 6.08 Å². The Morgan fingerprint density at radius 2 is 2.06 bits per heavy atom. The van der Waals surface area contributed by atoms with E-state index < -0.39 is 0 Å². The molecule has 0 bridgehead atoms. The molecule has 0 saturated heterocycles. The van der Waals surface area contributed by atoms with Gasteiger partial charge in [-0.05, 0) is 32.9 Å². The lowest BCUT2D eigenvalue weighted by molar-refractivity contribution is -0.137. The van der Waals surface area contributed by atoms with Crippen LogP contribution in [-0.2, 0) is 9.53 Å². The molecule has 0 aromatic carbocycles. The third kappa shape index (κ3) is 3.46. The van der Waals surface area contributed by atoms with Gasteiger partial charge in [0.1, 0.15) is 0 Å². The first-order chi connectivity index (χ1) is 7.65. The van der Waals surface area contributed by atoms with Gasteiger partial charge in [0.2, 0.25) is 0 Å². The largest absolute Gasteiger partial charge is 0.463 e. The van der Waals surface area contributed by atoms with Gasteiger partial charge in [0.15, 0.2) is 0 Å². The highest BCUT2D eigenvalue weighted by Crippen LogP contribution is 2.03. The Bertz CT molecular complexity index is 361. The zero-order chi connectivity index (χ0) is 12.0. The average Bonchev–Trinajstić information content (AvgIpc) is 2.55. The van der Waals surface area contributed by atoms with Gasteiger partial charge in [-0.25, -0.2) is 4.79 Å². The van der Waals surface area contributed by atoms with Crippen molar-refractivity contribution in [3.05, 3.63) is 35.7 Å². The molecule has 0 radical (unpaired) electrons. The molecule has 88 valence electrons. The lowest BCUT2D eigenvalue weighted by Gasteiger charge is -2.10. The molecule has 16 heavy (non-hydrogen) atoms. The molecule has 4 nitrogen and oxygen atoms in total. The molecule has 0 aliphatic carbocycles. The molecule has 0 aliphatic rings. The van der Waals surface area contributed by atoms with Crippen molar-refractivity contribution >= 4 is 5.97 Å². The van der Waals surface area contributed by atoms with Gasteiger partial charge in [-0.2, -0.15) is 0 Å². The Morgan fingerprint density at radius 3 is 2.62 bits per heavy atom. The number of carbonyl (C=O) groups is 1. The fourth-order valence-electron chi connectivity index (χ4n) is 1.41. The van der Waals surface area contributed by atoms with Crippen LogP contribution in [0.25, 0.3) is 0 Å². The van der Waals surface area contributed by atoms with Crippen LogP contribution in [0.4, 0.5) is 0 Å². The predicted molar refractivity (Wildman–Crippen MR) is 63.9 cm³/mol. The van der Waals surface area contributed by atoms with E-state index in [1.54, 1.807) is 13.0 Å². The van der Waals surface area contributed by atoms with Gasteiger partial charge in [-0.15, -0.1) is 0 Å². The number of nitrogens with one attached hydrogen (secondary N) is 1. The second kappa shape index (κ2) is 6.00. The zero-order valence-electron chi connectivity index (χ0n) is 9.99. The summed E-state index contributed by atoms with van der Waals surface area (Å²) >= 11 is 0. The molecular weight excluding hydrogens is 204 g/mol. The number of ether oxygens (including phenoxy) is 1. The quantitative estimate of drug-likeness (QED) is 0.610. The van der Waals surface area contributed by atoms with Crippen LogP contribution in [0, 0.1) is 13.8 Å². The van der Waals surface area contributed by atoms with Crippen LogP contribution in [0.15, 0.2) is 24.3 Å². The van der Waals surface area contributed by atoms with E-state index in [0.717, 1.165) is 11.4 Å². The van der Waals surface area contributed by atoms with Crippen LogP contribution in [0.3, 0.4) is 0 Å². The number of nitrogens with zero attached hydrogens (tertiary/aromatic N) is 1. The highest BCUT2D eigenvalue weighted by atomic mass is 16.5. The molecule has 0 aliphatic heterocycles. The van der Waals surface area contributed by atoms with Gasteiger partial charge < -0.3 is 10.2 Å². The molecule has 1 aromatic rings. The zero-order valence-corrected chi connectivity index (χ0v) is 9.99. The molecule has 4 heteroatoms. The van der Waals surface area contributed by atoms with Gasteiger partial charge in [-0.1, -0.05) is 6.08 Å². The minimum Gasteiger partial charge on any atom is -0.463 e. The molecular formula is C12H18N2O2. The summed E-state index contributed by atoms with van der Waals surface area (Å²) < 4.78 is 6.75. The maximum Gasteiger partial charge on any atom is 0.330 e. The van der Waals surface area contributed by atoms with Crippen molar-refractivity contribution in [3.63, 3.8) is 0 Å². The summed E-state index contributed by atoms with van der Waals surface area (Å²) in [4.78, 5) is 11.0. The van der Waals surface area contributed by atoms with Crippen LogP contribution in [0.5, 0.6) is 0 Å². The first-order valence-corrected chi connectivity index (χ1v) is 5.37. The van der Waals surface area contributed by atoms with Gasteiger partial charge in [-0.3, -0.25) is 4.68 Å². The average molecular weight is 222 g/mol. The fourth-order valence-corrected chi connectivity index (χ4v) is 1.41. The molecule has 0 amide bonds. The number of esters is 1. The van der Waals surface area contributed by atoms with Gasteiger partial charge >= 0.3 is 5.97 Å². The molecule has 1 heterocycles. The number of hydrogen-bond acceptors (Lipinski definition) is 3. The Balaban J connectivity index is 2.39. The summed E-state index contributed by atoms with van der Waals surface area (Å²) in [6, 6.07) is 4.08. The first kappa shape index (κ1) is 12.4. The molecule has 0 fully saturated rings. The van der Waals surface area contributed by atoms with Crippen molar-refractivity contribution in [2.45, 2.75) is 20.8 Å². The van der Waals surface area contributed by atoms with Crippen molar-refractivity contribution in [2.24, 2.45) is 0 Å². The molecule has 0 spiro atoms. The van der Waals surface area contributed by atoms with Crippen molar-refractivity contribution in [3.8, 4) is 0 Å². The lowest BCUT2D eigenvalue weighted by atomic mass is 10.5. The molecule has 0 atom stereocenters. The van der Waals surface area contributed by atoms with E-state index in [2.05, 4.69) is 5.43 Å². The van der Waals surface area contributed by atoms with E-state index in [9.17, 15) is 4.79 Å². The third-order valence-electron chi connectivity index (χ3n) is 2.18. The van der Waals surface area contributed by atoms with Crippen molar-refractivity contribution < 1.29 is 9.53 Å². The summed E-state index contributed by atoms with van der Waals surface area (Å²) in [7, 11) is 0. The topological polar surface area (TPSA) is 43.3 Å². The standard InChI is InChI=1S/C12H18N2O2/c1-4-16-12(15)6-5-9-13-14-10(2)7-8-11(14)3/h5-8,13H,4,9H2,1-3H3/b6-5+. The normalized spacial score (nSPS) is 10.7. The van der Waals surface area contributed by atoms with E-state index in [4.69, 9.17) is 4.74 Å². The van der Waals surface area contributed by atoms with Crippen LogP contribution >= 0.6 is 0 Å². The highest BCUT2D eigenvalue weighted by Gasteiger charge is 1.98. The molecule has 1 aromatic heterocycles. The number of aryl methyl sites for hydroxylation is 2. The van der Waals surface area contributed by atoms with Crippen LogP contribution < -0.4 is 5.43 Å². The fraction of sp³-hybridized carbons (Fsp3) is 0.417. The van der Waals surface area contributed by atoms with Gasteiger partial charge in [0.05, 0.1) is 6.61 Å². The number of aromatic nitrogens is 1. The second-order valence-electron chi connectivity index (χ2n) is 3.47. The smallest absolute Gasteiger partial charge is 0.330 e. The summed E-state index contributed by atoms with van der Waals surface area (Å²) in [5.74, 6) is -0.301. The summed E-state index contributed by atoms with van der Waals surface area (Å²) in [6.07, 6.45) is 3.18. The predicted octanol–water partition coefficient (Wildman–Crippen LogP) is 1.77. The number of hydrogen-bond donors (Lipinski definition) is 1. The maximum atomic E-state index is 11.0. The Morgan fingerprint density at radius 1 is 1.44 bits per heavy atom. The Hall–Kier alpha value is -1.71. The van der Waals surface area contributed by atoms with E-state index in [0.29, 0.717) is 13.2 Å². The lowest BCUT2D eigenvalue weighted by Crippen LogP contribution is -2.17. The SMILES string of the molecule is CCOC(=O)/C=C/CNn1c(C)ccc1C. The highest BCUT2D eigenvalue weighted by molar-refractivity contribution is 5.81. The summed E-state index contributed by atoms with van der Waals surface area (Å²) in [5.41, 5.74) is 5.46. The van der Waals surface area contributed by atoms with E-state index in [1.807, 2.05) is 30.7 Å². The number of rotatable bonds is 5. The summed E-state index contributed by atoms with van der Waals surface area (Å²) in [5, 5.41) is 0. The second-order valence-corrected chi connectivity index (χ2v) is 3.47. The van der Waals surface area contributed by atoms with Crippen molar-refractivity contribution in [1.82, 2.24) is 4.68 Å². The first-order valence-electron chi connectivity index (χ1n) is 5.37. The molecule has 0 unspecified atom stereocenters. The number of carbonyl (C=O) groups excluding carboxylic acids is 1. The van der Waals surface area contributed by atoms with Gasteiger partial charge in [0, 0.05) is 24.0 Å². The van der Waals surface area contributed by atoms with Gasteiger partial charge in [0.25, 0.3) is 0 Å². The third-order valence-corrected chi connectivity index (χ3v) is 2.18.